The second-order valence-electron chi connectivity index (χ2n) is 2.00. The average molecular weight is 213 g/mol. The van der Waals surface area contributed by atoms with Gasteiger partial charge in [-0.25, -0.2) is 4.98 Å². The molecule has 0 radical (unpaired) electrons. The summed E-state index contributed by atoms with van der Waals surface area (Å²) in [6.45, 7) is 4.33. The van der Waals surface area contributed by atoms with Gasteiger partial charge in [0.2, 0.25) is 0 Å². The largest absolute Gasteiger partial charge is 0.366 e. The molecule has 58 valence electrons. The normalized spacial score (nSPS) is 9.18. The predicted molar refractivity (Wildman–Crippen MR) is 50.6 cm³/mol. The van der Waals surface area contributed by atoms with Gasteiger partial charge in [0.15, 0.2) is 0 Å². The summed E-state index contributed by atoms with van der Waals surface area (Å²) in [7, 11) is 0. The monoisotopic (exact) mass is 212 g/mol. The molecule has 0 bridgehead atoms. The Hall–Kier alpha value is -0.830. The molecule has 1 N–H and O–H groups in total. The van der Waals surface area contributed by atoms with Gasteiger partial charge >= 0.3 is 0 Å². The molecule has 1 aromatic rings. The van der Waals surface area contributed by atoms with Gasteiger partial charge in [-0.1, -0.05) is 6.08 Å². The van der Waals surface area contributed by atoms with Crippen LogP contribution in [0.5, 0.6) is 0 Å². The van der Waals surface area contributed by atoms with E-state index in [1.54, 1.807) is 12.3 Å². The van der Waals surface area contributed by atoms with E-state index in [1.807, 2.05) is 12.1 Å². The van der Waals surface area contributed by atoms with E-state index >= 15 is 0 Å². The minimum absolute atomic E-state index is 0.732. The van der Waals surface area contributed by atoms with Gasteiger partial charge in [0, 0.05) is 12.7 Å². The number of pyridine rings is 1. The van der Waals surface area contributed by atoms with Crippen LogP contribution >= 0.6 is 15.9 Å². The van der Waals surface area contributed by atoms with E-state index in [-0.39, 0.29) is 0 Å². The summed E-state index contributed by atoms with van der Waals surface area (Å²) >= 11 is 3.37. The summed E-state index contributed by atoms with van der Waals surface area (Å²) in [5, 5.41) is 3.09. The molecule has 0 unspecified atom stereocenters. The Morgan fingerprint density at radius 2 is 2.55 bits per heavy atom. The molecule has 0 saturated heterocycles. The van der Waals surface area contributed by atoms with Gasteiger partial charge in [0.25, 0.3) is 0 Å². The highest BCUT2D eigenvalue weighted by molar-refractivity contribution is 9.10. The van der Waals surface area contributed by atoms with Crippen LogP contribution in [0.25, 0.3) is 0 Å². The SMILES string of the molecule is C=CCNc1ncccc1Br. The quantitative estimate of drug-likeness (QED) is 0.780. The molecule has 2 nitrogen and oxygen atoms in total. The first-order valence-electron chi connectivity index (χ1n) is 3.30. The first-order chi connectivity index (χ1) is 5.34. The fourth-order valence-electron chi connectivity index (χ4n) is 0.685. The number of hydrogen-bond donors (Lipinski definition) is 1. The zero-order chi connectivity index (χ0) is 8.10. The first kappa shape index (κ1) is 8.27. The minimum Gasteiger partial charge on any atom is -0.366 e. The zero-order valence-corrected chi connectivity index (χ0v) is 7.63. The summed E-state index contributed by atoms with van der Waals surface area (Å²) in [4.78, 5) is 4.11. The van der Waals surface area contributed by atoms with Crippen molar-refractivity contribution in [3.8, 4) is 0 Å². The van der Waals surface area contributed by atoms with E-state index in [0.717, 1.165) is 16.8 Å². The number of rotatable bonds is 3. The number of aromatic nitrogens is 1. The fourth-order valence-corrected chi connectivity index (χ4v) is 1.08. The third-order valence-electron chi connectivity index (χ3n) is 1.17. The molecule has 0 aliphatic heterocycles. The molecule has 0 amide bonds. The number of anilines is 1. The van der Waals surface area contributed by atoms with Gasteiger partial charge in [-0.15, -0.1) is 6.58 Å². The van der Waals surface area contributed by atoms with Crippen molar-refractivity contribution >= 4 is 21.7 Å². The van der Waals surface area contributed by atoms with Crippen molar-refractivity contribution in [1.29, 1.82) is 0 Å². The van der Waals surface area contributed by atoms with Crippen molar-refractivity contribution in [1.82, 2.24) is 4.98 Å². The van der Waals surface area contributed by atoms with Gasteiger partial charge in [0.1, 0.15) is 5.82 Å². The van der Waals surface area contributed by atoms with Crippen molar-refractivity contribution in [3.05, 3.63) is 35.5 Å². The van der Waals surface area contributed by atoms with Crippen LogP contribution < -0.4 is 5.32 Å². The molecule has 0 saturated carbocycles. The first-order valence-corrected chi connectivity index (χ1v) is 4.09. The zero-order valence-electron chi connectivity index (χ0n) is 6.05. The van der Waals surface area contributed by atoms with Crippen molar-refractivity contribution in [3.63, 3.8) is 0 Å². The number of nitrogens with one attached hydrogen (secondary N) is 1. The molecular formula is C8H9BrN2. The van der Waals surface area contributed by atoms with Gasteiger partial charge in [-0.2, -0.15) is 0 Å². The third-order valence-corrected chi connectivity index (χ3v) is 1.81. The summed E-state index contributed by atoms with van der Waals surface area (Å²) < 4.78 is 0.974. The maximum atomic E-state index is 4.11. The molecule has 0 atom stereocenters. The second kappa shape index (κ2) is 4.13. The van der Waals surface area contributed by atoms with E-state index in [4.69, 9.17) is 0 Å². The van der Waals surface area contributed by atoms with E-state index in [1.165, 1.54) is 0 Å². The van der Waals surface area contributed by atoms with Crippen LogP contribution in [0.15, 0.2) is 35.5 Å². The van der Waals surface area contributed by atoms with Crippen LogP contribution in [0.2, 0.25) is 0 Å². The van der Waals surface area contributed by atoms with Gasteiger partial charge in [0.05, 0.1) is 4.47 Å². The molecule has 1 rings (SSSR count). The van der Waals surface area contributed by atoms with E-state index in [9.17, 15) is 0 Å². The maximum absolute atomic E-state index is 4.11. The Morgan fingerprint density at radius 1 is 1.73 bits per heavy atom. The Kier molecular flexibility index (Phi) is 3.11. The van der Waals surface area contributed by atoms with Crippen molar-refractivity contribution in [2.45, 2.75) is 0 Å². The van der Waals surface area contributed by atoms with Crippen LogP contribution in [-0.4, -0.2) is 11.5 Å². The molecule has 0 spiro atoms. The molecule has 0 fully saturated rings. The summed E-state index contributed by atoms with van der Waals surface area (Å²) in [6.07, 6.45) is 3.54. The van der Waals surface area contributed by atoms with Crippen LogP contribution in [0.4, 0.5) is 5.82 Å². The summed E-state index contributed by atoms with van der Waals surface area (Å²) in [6, 6.07) is 3.82. The lowest BCUT2D eigenvalue weighted by molar-refractivity contribution is 1.22. The molecule has 1 heterocycles. The molecule has 0 aliphatic carbocycles. The fraction of sp³-hybridized carbons (Fsp3) is 0.125. The minimum atomic E-state index is 0.732. The van der Waals surface area contributed by atoms with Gasteiger partial charge in [-0.05, 0) is 28.1 Å². The third kappa shape index (κ3) is 2.35. The molecule has 3 heteroatoms. The van der Waals surface area contributed by atoms with Crippen LogP contribution in [0.3, 0.4) is 0 Å². The van der Waals surface area contributed by atoms with Crippen LogP contribution in [0, 0.1) is 0 Å². The lowest BCUT2D eigenvalue weighted by Crippen LogP contribution is -2.00. The van der Waals surface area contributed by atoms with E-state index in [0.29, 0.717) is 0 Å². The Balaban J connectivity index is 2.69. The van der Waals surface area contributed by atoms with Crippen molar-refractivity contribution in [2.75, 3.05) is 11.9 Å². The smallest absolute Gasteiger partial charge is 0.140 e. The molecule has 11 heavy (non-hydrogen) atoms. The Bertz CT molecular complexity index is 248. The maximum Gasteiger partial charge on any atom is 0.140 e. The number of nitrogens with zero attached hydrogens (tertiary/aromatic N) is 1. The van der Waals surface area contributed by atoms with Crippen LogP contribution in [0.1, 0.15) is 0 Å². The second-order valence-corrected chi connectivity index (χ2v) is 2.86. The summed E-state index contributed by atoms with van der Waals surface area (Å²) in [5.74, 6) is 0.854. The standard InChI is InChI=1S/C8H9BrN2/c1-2-5-10-8-7(9)4-3-6-11-8/h2-4,6H,1,5H2,(H,10,11). The highest BCUT2D eigenvalue weighted by Crippen LogP contribution is 2.17. The highest BCUT2D eigenvalue weighted by Gasteiger charge is 1.95. The Morgan fingerprint density at radius 3 is 3.18 bits per heavy atom. The molecule has 0 aliphatic rings. The lowest BCUT2D eigenvalue weighted by atomic mass is 10.4. The molecule has 1 aromatic heterocycles. The van der Waals surface area contributed by atoms with Gasteiger partial charge < -0.3 is 5.32 Å². The topological polar surface area (TPSA) is 24.9 Å². The van der Waals surface area contributed by atoms with Crippen molar-refractivity contribution in [2.24, 2.45) is 0 Å². The van der Waals surface area contributed by atoms with Crippen molar-refractivity contribution < 1.29 is 0 Å². The average Bonchev–Trinajstić information content (AvgIpc) is 2.03. The van der Waals surface area contributed by atoms with E-state index < -0.39 is 0 Å². The van der Waals surface area contributed by atoms with Crippen LogP contribution in [-0.2, 0) is 0 Å². The molecular weight excluding hydrogens is 204 g/mol. The molecule has 0 aromatic carbocycles. The Labute approximate surface area is 74.5 Å². The summed E-state index contributed by atoms with van der Waals surface area (Å²) in [5.41, 5.74) is 0. The lowest BCUT2D eigenvalue weighted by Gasteiger charge is -2.02. The van der Waals surface area contributed by atoms with E-state index in [2.05, 4.69) is 32.8 Å². The highest BCUT2D eigenvalue weighted by atomic mass is 79.9. The number of halogens is 1. The number of hydrogen-bond acceptors (Lipinski definition) is 2. The predicted octanol–water partition coefficient (Wildman–Crippen LogP) is 2.44. The van der Waals surface area contributed by atoms with Gasteiger partial charge in [-0.3, -0.25) is 0 Å².